The standard InChI is InChI=1S/C15H20N2/c1-12-6-13(2)10-17(9-12)11-15-5-3-4-14(7-15)8-16/h3-5,7,12-13H,6,9-11H2,1-2H3. The molecule has 0 aromatic heterocycles. The molecule has 0 amide bonds. The Morgan fingerprint density at radius 2 is 2.00 bits per heavy atom. The summed E-state index contributed by atoms with van der Waals surface area (Å²) in [5.41, 5.74) is 2.02. The van der Waals surface area contributed by atoms with Crippen LogP contribution in [0.3, 0.4) is 0 Å². The van der Waals surface area contributed by atoms with E-state index in [4.69, 9.17) is 5.26 Å². The Hall–Kier alpha value is -1.33. The molecule has 2 heteroatoms. The molecular formula is C15H20N2. The fraction of sp³-hybridized carbons (Fsp3) is 0.533. The molecule has 1 saturated heterocycles. The zero-order valence-electron chi connectivity index (χ0n) is 10.7. The van der Waals surface area contributed by atoms with E-state index in [-0.39, 0.29) is 0 Å². The van der Waals surface area contributed by atoms with E-state index in [9.17, 15) is 0 Å². The third-order valence-electron chi connectivity index (χ3n) is 3.41. The van der Waals surface area contributed by atoms with Crippen LogP contribution in [0.1, 0.15) is 31.4 Å². The summed E-state index contributed by atoms with van der Waals surface area (Å²) in [5.74, 6) is 1.58. The summed E-state index contributed by atoms with van der Waals surface area (Å²) in [6.45, 7) is 8.00. The summed E-state index contributed by atoms with van der Waals surface area (Å²) in [6.07, 6.45) is 1.34. The smallest absolute Gasteiger partial charge is 0.0991 e. The maximum absolute atomic E-state index is 8.89. The van der Waals surface area contributed by atoms with Crippen molar-refractivity contribution in [1.82, 2.24) is 4.90 Å². The van der Waals surface area contributed by atoms with Crippen LogP contribution in [-0.2, 0) is 6.54 Å². The molecule has 2 rings (SSSR count). The number of rotatable bonds is 2. The lowest BCUT2D eigenvalue weighted by molar-refractivity contribution is 0.134. The summed E-state index contributed by atoms with van der Waals surface area (Å²) in [6, 6.07) is 10.2. The summed E-state index contributed by atoms with van der Waals surface area (Å²) in [4.78, 5) is 2.51. The van der Waals surface area contributed by atoms with E-state index >= 15 is 0 Å². The molecule has 0 saturated carbocycles. The fourth-order valence-electron chi connectivity index (χ4n) is 2.92. The van der Waals surface area contributed by atoms with Gasteiger partial charge in [0.25, 0.3) is 0 Å². The van der Waals surface area contributed by atoms with Crippen LogP contribution in [-0.4, -0.2) is 18.0 Å². The van der Waals surface area contributed by atoms with Crippen molar-refractivity contribution in [2.45, 2.75) is 26.8 Å². The lowest BCUT2D eigenvalue weighted by Gasteiger charge is -2.35. The number of hydrogen-bond donors (Lipinski definition) is 0. The number of benzene rings is 1. The van der Waals surface area contributed by atoms with Gasteiger partial charge in [-0.2, -0.15) is 5.26 Å². The third-order valence-corrected chi connectivity index (χ3v) is 3.41. The van der Waals surface area contributed by atoms with Gasteiger partial charge in [0.15, 0.2) is 0 Å². The molecule has 0 radical (unpaired) electrons. The molecule has 0 N–H and O–H groups in total. The van der Waals surface area contributed by atoms with E-state index in [1.54, 1.807) is 0 Å². The van der Waals surface area contributed by atoms with Crippen LogP contribution < -0.4 is 0 Å². The average molecular weight is 228 g/mol. The topological polar surface area (TPSA) is 27.0 Å². The first-order valence-corrected chi connectivity index (χ1v) is 6.38. The zero-order chi connectivity index (χ0) is 12.3. The van der Waals surface area contributed by atoms with Crippen molar-refractivity contribution in [2.75, 3.05) is 13.1 Å². The van der Waals surface area contributed by atoms with Crippen LogP contribution in [0.15, 0.2) is 24.3 Å². The van der Waals surface area contributed by atoms with E-state index in [2.05, 4.69) is 30.9 Å². The number of likely N-dealkylation sites (tertiary alicyclic amines) is 1. The van der Waals surface area contributed by atoms with Crippen LogP contribution in [0, 0.1) is 23.2 Å². The highest BCUT2D eigenvalue weighted by molar-refractivity contribution is 5.32. The Balaban J connectivity index is 2.02. The summed E-state index contributed by atoms with van der Waals surface area (Å²) < 4.78 is 0. The minimum Gasteiger partial charge on any atom is -0.299 e. The number of hydrogen-bond acceptors (Lipinski definition) is 2. The summed E-state index contributed by atoms with van der Waals surface area (Å²) >= 11 is 0. The molecule has 0 aliphatic carbocycles. The molecule has 1 aromatic rings. The van der Waals surface area contributed by atoms with Crippen molar-refractivity contribution < 1.29 is 0 Å². The van der Waals surface area contributed by atoms with E-state index in [0.29, 0.717) is 0 Å². The van der Waals surface area contributed by atoms with Crippen molar-refractivity contribution in [3.8, 4) is 6.07 Å². The van der Waals surface area contributed by atoms with Gasteiger partial charge in [-0.05, 0) is 36.0 Å². The van der Waals surface area contributed by atoms with Crippen LogP contribution in [0.2, 0.25) is 0 Å². The maximum Gasteiger partial charge on any atom is 0.0991 e. The van der Waals surface area contributed by atoms with E-state index in [1.807, 2.05) is 18.2 Å². The van der Waals surface area contributed by atoms with Crippen molar-refractivity contribution in [3.05, 3.63) is 35.4 Å². The van der Waals surface area contributed by atoms with Crippen LogP contribution in [0.4, 0.5) is 0 Å². The van der Waals surface area contributed by atoms with Gasteiger partial charge in [-0.1, -0.05) is 26.0 Å². The molecular weight excluding hydrogens is 208 g/mol. The highest BCUT2D eigenvalue weighted by Gasteiger charge is 2.21. The molecule has 1 aliphatic rings. The molecule has 1 fully saturated rings. The molecule has 0 spiro atoms. The molecule has 90 valence electrons. The number of nitriles is 1. The monoisotopic (exact) mass is 228 g/mol. The van der Waals surface area contributed by atoms with Gasteiger partial charge < -0.3 is 0 Å². The first kappa shape index (κ1) is 12.1. The van der Waals surface area contributed by atoms with E-state index < -0.39 is 0 Å². The predicted molar refractivity (Wildman–Crippen MR) is 69.4 cm³/mol. The predicted octanol–water partition coefficient (Wildman–Crippen LogP) is 3.04. The number of nitrogens with zero attached hydrogens (tertiary/aromatic N) is 2. The average Bonchev–Trinajstić information content (AvgIpc) is 2.28. The maximum atomic E-state index is 8.89. The van der Waals surface area contributed by atoms with Crippen molar-refractivity contribution in [2.24, 2.45) is 11.8 Å². The largest absolute Gasteiger partial charge is 0.299 e. The Kier molecular flexibility index (Phi) is 3.81. The molecule has 1 heterocycles. The second-order valence-electron chi connectivity index (χ2n) is 5.45. The zero-order valence-corrected chi connectivity index (χ0v) is 10.7. The minimum absolute atomic E-state index is 0.764. The van der Waals surface area contributed by atoms with Crippen LogP contribution in [0.5, 0.6) is 0 Å². The van der Waals surface area contributed by atoms with Gasteiger partial charge in [0.1, 0.15) is 0 Å². The van der Waals surface area contributed by atoms with Gasteiger partial charge >= 0.3 is 0 Å². The highest BCUT2D eigenvalue weighted by atomic mass is 15.1. The first-order chi connectivity index (χ1) is 8.17. The lowest BCUT2D eigenvalue weighted by atomic mass is 9.91. The first-order valence-electron chi connectivity index (χ1n) is 6.38. The summed E-state index contributed by atoms with van der Waals surface area (Å²) in [7, 11) is 0. The van der Waals surface area contributed by atoms with Crippen molar-refractivity contribution in [3.63, 3.8) is 0 Å². The van der Waals surface area contributed by atoms with Crippen LogP contribution >= 0.6 is 0 Å². The highest BCUT2D eigenvalue weighted by Crippen LogP contribution is 2.22. The molecule has 17 heavy (non-hydrogen) atoms. The Morgan fingerprint density at radius 3 is 2.65 bits per heavy atom. The minimum atomic E-state index is 0.764. The van der Waals surface area contributed by atoms with E-state index in [1.165, 1.54) is 25.1 Å². The van der Waals surface area contributed by atoms with Gasteiger partial charge in [0.05, 0.1) is 11.6 Å². The Labute approximate surface area is 104 Å². The molecule has 1 aromatic carbocycles. The SMILES string of the molecule is CC1CC(C)CN(Cc2cccc(C#N)c2)C1. The fourth-order valence-corrected chi connectivity index (χ4v) is 2.92. The Bertz CT molecular complexity index is 409. The lowest BCUT2D eigenvalue weighted by Crippen LogP contribution is -2.38. The molecule has 2 nitrogen and oxygen atoms in total. The molecule has 1 aliphatic heterocycles. The molecule has 2 unspecified atom stereocenters. The van der Waals surface area contributed by atoms with Gasteiger partial charge in [0.2, 0.25) is 0 Å². The van der Waals surface area contributed by atoms with Gasteiger partial charge in [-0.15, -0.1) is 0 Å². The van der Waals surface area contributed by atoms with Gasteiger partial charge in [-0.3, -0.25) is 4.90 Å². The Morgan fingerprint density at radius 1 is 1.29 bits per heavy atom. The van der Waals surface area contributed by atoms with Gasteiger partial charge in [-0.25, -0.2) is 0 Å². The second-order valence-corrected chi connectivity index (χ2v) is 5.45. The van der Waals surface area contributed by atoms with Crippen molar-refractivity contribution in [1.29, 1.82) is 5.26 Å². The van der Waals surface area contributed by atoms with Crippen molar-refractivity contribution >= 4 is 0 Å². The summed E-state index contributed by atoms with van der Waals surface area (Å²) in [5, 5.41) is 8.89. The quantitative estimate of drug-likeness (QED) is 0.778. The second kappa shape index (κ2) is 5.33. The van der Waals surface area contributed by atoms with E-state index in [0.717, 1.165) is 23.9 Å². The molecule has 0 bridgehead atoms. The normalized spacial score (nSPS) is 25.5. The molecule has 2 atom stereocenters. The van der Waals surface area contributed by atoms with Gasteiger partial charge in [0, 0.05) is 19.6 Å². The number of piperidine rings is 1. The third kappa shape index (κ3) is 3.31. The van der Waals surface area contributed by atoms with Crippen LogP contribution in [0.25, 0.3) is 0 Å².